The normalized spacial score (nSPS) is 17.0. The van der Waals surface area contributed by atoms with Gasteiger partial charge in [-0.15, -0.1) is 0 Å². The lowest BCUT2D eigenvalue weighted by atomic mass is 10.0. The Hall–Kier alpha value is -2.05. The molecule has 0 bridgehead atoms. The zero-order valence-corrected chi connectivity index (χ0v) is 15.1. The lowest BCUT2D eigenvalue weighted by molar-refractivity contribution is 0.102. The quantitative estimate of drug-likeness (QED) is 0.811. The van der Waals surface area contributed by atoms with E-state index in [1.807, 2.05) is 18.2 Å². The van der Waals surface area contributed by atoms with Gasteiger partial charge in [-0.2, -0.15) is 0 Å². The van der Waals surface area contributed by atoms with Gasteiger partial charge in [0.15, 0.2) is 11.5 Å². The van der Waals surface area contributed by atoms with Crippen molar-refractivity contribution < 1.29 is 19.4 Å². The highest BCUT2D eigenvalue weighted by molar-refractivity contribution is 9.10. The minimum atomic E-state index is -0.620. The summed E-state index contributed by atoms with van der Waals surface area (Å²) in [5.41, 5.74) is 1.76. The fourth-order valence-corrected chi connectivity index (χ4v) is 3.42. The number of aliphatic hydroxyl groups excluding tert-OH is 1. The van der Waals surface area contributed by atoms with Crippen LogP contribution in [0.3, 0.4) is 0 Å². The number of hydrogen-bond acceptors (Lipinski definition) is 4. The Morgan fingerprint density at radius 1 is 1.16 bits per heavy atom. The molecule has 1 aliphatic carbocycles. The molecule has 2 N–H and O–H groups in total. The molecule has 1 atom stereocenters. The standard InChI is InChI=1S/C19H18BrNO4/c20-14-4-2-1-3-12(14)19(23)21-15-10-17-16(24-7-8-25-17)9-13(15)18(22)11-5-6-11/h1-4,9-11,18,22H,5-8H2,(H,21,23). The summed E-state index contributed by atoms with van der Waals surface area (Å²) in [5, 5.41) is 13.5. The van der Waals surface area contributed by atoms with E-state index < -0.39 is 6.10 Å². The van der Waals surface area contributed by atoms with Crippen LogP contribution in [-0.2, 0) is 0 Å². The van der Waals surface area contributed by atoms with Gasteiger partial charge in [0, 0.05) is 16.1 Å². The minimum Gasteiger partial charge on any atom is -0.486 e. The Balaban J connectivity index is 1.69. The number of nitrogens with one attached hydrogen (secondary N) is 1. The first-order chi connectivity index (χ1) is 12.1. The number of hydrogen-bond donors (Lipinski definition) is 2. The zero-order chi connectivity index (χ0) is 17.4. The molecule has 0 spiro atoms. The van der Waals surface area contributed by atoms with Crippen molar-refractivity contribution >= 4 is 27.5 Å². The van der Waals surface area contributed by atoms with E-state index in [9.17, 15) is 9.90 Å². The smallest absolute Gasteiger partial charge is 0.256 e. The number of ether oxygens (including phenoxy) is 2. The summed E-state index contributed by atoms with van der Waals surface area (Å²) < 4.78 is 12.0. The molecule has 130 valence electrons. The number of aliphatic hydroxyl groups is 1. The van der Waals surface area contributed by atoms with E-state index in [0.717, 1.165) is 12.8 Å². The van der Waals surface area contributed by atoms with Crippen molar-refractivity contribution in [1.82, 2.24) is 0 Å². The molecule has 0 radical (unpaired) electrons. The van der Waals surface area contributed by atoms with Crippen molar-refractivity contribution in [3.05, 3.63) is 52.0 Å². The number of amides is 1. The fraction of sp³-hybridized carbons (Fsp3) is 0.316. The first-order valence-corrected chi connectivity index (χ1v) is 9.10. The van der Waals surface area contributed by atoms with Crippen molar-refractivity contribution in [1.29, 1.82) is 0 Å². The van der Waals surface area contributed by atoms with Gasteiger partial charge < -0.3 is 19.9 Å². The molecule has 1 amide bonds. The van der Waals surface area contributed by atoms with Crippen LogP contribution in [0, 0.1) is 5.92 Å². The van der Waals surface area contributed by atoms with Crippen LogP contribution >= 0.6 is 15.9 Å². The molecule has 1 heterocycles. The Labute approximate surface area is 154 Å². The average molecular weight is 404 g/mol. The lowest BCUT2D eigenvalue weighted by Gasteiger charge is -2.23. The number of halogens is 1. The molecular formula is C19H18BrNO4. The topological polar surface area (TPSA) is 67.8 Å². The molecular weight excluding hydrogens is 386 g/mol. The van der Waals surface area contributed by atoms with E-state index in [1.54, 1.807) is 18.2 Å². The van der Waals surface area contributed by atoms with Gasteiger partial charge in [0.1, 0.15) is 13.2 Å². The molecule has 0 aromatic heterocycles. The highest BCUT2D eigenvalue weighted by Crippen LogP contribution is 2.46. The van der Waals surface area contributed by atoms with Gasteiger partial charge >= 0.3 is 0 Å². The zero-order valence-electron chi connectivity index (χ0n) is 13.5. The van der Waals surface area contributed by atoms with Gasteiger partial charge in [0.2, 0.25) is 0 Å². The number of carbonyl (C=O) groups excluding carboxylic acids is 1. The number of rotatable bonds is 4. The summed E-state index contributed by atoms with van der Waals surface area (Å²) in [6, 6.07) is 10.8. The van der Waals surface area contributed by atoms with Gasteiger partial charge in [0.25, 0.3) is 5.91 Å². The van der Waals surface area contributed by atoms with Crippen molar-refractivity contribution in [2.75, 3.05) is 18.5 Å². The van der Waals surface area contributed by atoms with E-state index >= 15 is 0 Å². The van der Waals surface area contributed by atoms with Gasteiger partial charge in [-0.1, -0.05) is 12.1 Å². The van der Waals surface area contributed by atoms with Crippen LogP contribution in [0.5, 0.6) is 11.5 Å². The van der Waals surface area contributed by atoms with Crippen LogP contribution in [0.1, 0.15) is 34.9 Å². The second-order valence-electron chi connectivity index (χ2n) is 6.30. The van der Waals surface area contributed by atoms with Gasteiger partial charge in [-0.3, -0.25) is 4.79 Å². The number of carbonyl (C=O) groups is 1. The lowest BCUT2D eigenvalue weighted by Crippen LogP contribution is -2.19. The highest BCUT2D eigenvalue weighted by atomic mass is 79.9. The monoisotopic (exact) mass is 403 g/mol. The van der Waals surface area contributed by atoms with E-state index in [4.69, 9.17) is 9.47 Å². The Bertz CT molecular complexity index is 819. The van der Waals surface area contributed by atoms with Crippen LogP contribution < -0.4 is 14.8 Å². The van der Waals surface area contributed by atoms with E-state index in [2.05, 4.69) is 21.2 Å². The molecule has 25 heavy (non-hydrogen) atoms. The first-order valence-electron chi connectivity index (χ1n) is 8.31. The number of anilines is 1. The second kappa shape index (κ2) is 6.69. The summed E-state index contributed by atoms with van der Waals surface area (Å²) >= 11 is 3.40. The molecule has 2 aliphatic rings. The summed E-state index contributed by atoms with van der Waals surface area (Å²) in [6.45, 7) is 0.948. The molecule has 1 aliphatic heterocycles. The van der Waals surface area contributed by atoms with Gasteiger partial charge in [0.05, 0.1) is 17.4 Å². The van der Waals surface area contributed by atoms with Crippen LogP contribution in [-0.4, -0.2) is 24.2 Å². The van der Waals surface area contributed by atoms with E-state index in [1.165, 1.54) is 0 Å². The minimum absolute atomic E-state index is 0.238. The average Bonchev–Trinajstić information content (AvgIpc) is 3.46. The maximum absolute atomic E-state index is 12.7. The van der Waals surface area contributed by atoms with Crippen LogP contribution in [0.4, 0.5) is 5.69 Å². The van der Waals surface area contributed by atoms with Gasteiger partial charge in [-0.05, 0) is 52.9 Å². The first kappa shape index (κ1) is 16.4. The van der Waals surface area contributed by atoms with Crippen molar-refractivity contribution in [2.45, 2.75) is 18.9 Å². The third kappa shape index (κ3) is 3.37. The SMILES string of the molecule is O=C(Nc1cc2c(cc1C(O)C1CC1)OCCO2)c1ccccc1Br. The molecule has 1 unspecified atom stereocenters. The second-order valence-corrected chi connectivity index (χ2v) is 7.15. The fourth-order valence-electron chi connectivity index (χ4n) is 2.96. The van der Waals surface area contributed by atoms with Crippen molar-refractivity contribution in [3.8, 4) is 11.5 Å². The van der Waals surface area contributed by atoms with E-state index in [-0.39, 0.29) is 11.8 Å². The predicted octanol–water partition coefficient (Wildman–Crippen LogP) is 3.92. The maximum atomic E-state index is 12.7. The largest absolute Gasteiger partial charge is 0.486 e. The number of benzene rings is 2. The molecule has 2 aromatic rings. The van der Waals surface area contributed by atoms with Crippen molar-refractivity contribution in [3.63, 3.8) is 0 Å². The predicted molar refractivity (Wildman–Crippen MR) is 97.2 cm³/mol. The van der Waals surface area contributed by atoms with Crippen LogP contribution in [0.25, 0.3) is 0 Å². The molecule has 0 saturated heterocycles. The third-order valence-electron chi connectivity index (χ3n) is 4.47. The maximum Gasteiger partial charge on any atom is 0.256 e. The molecule has 1 saturated carbocycles. The molecule has 1 fully saturated rings. The molecule has 6 heteroatoms. The van der Waals surface area contributed by atoms with Crippen LogP contribution in [0.2, 0.25) is 0 Å². The summed E-state index contributed by atoms with van der Waals surface area (Å²) in [4.78, 5) is 12.7. The summed E-state index contributed by atoms with van der Waals surface area (Å²) in [6.07, 6.45) is 1.37. The Morgan fingerprint density at radius 2 is 1.84 bits per heavy atom. The molecule has 4 rings (SSSR count). The summed E-state index contributed by atoms with van der Waals surface area (Å²) in [5.74, 6) is 1.19. The van der Waals surface area contributed by atoms with Gasteiger partial charge in [-0.25, -0.2) is 0 Å². The summed E-state index contributed by atoms with van der Waals surface area (Å²) in [7, 11) is 0. The Kier molecular flexibility index (Phi) is 4.39. The Morgan fingerprint density at radius 3 is 2.52 bits per heavy atom. The number of fused-ring (bicyclic) bond motifs is 1. The van der Waals surface area contributed by atoms with Crippen molar-refractivity contribution in [2.24, 2.45) is 5.92 Å². The molecule has 2 aromatic carbocycles. The third-order valence-corrected chi connectivity index (χ3v) is 5.16. The van der Waals surface area contributed by atoms with Crippen LogP contribution in [0.15, 0.2) is 40.9 Å². The molecule has 5 nitrogen and oxygen atoms in total. The van der Waals surface area contributed by atoms with E-state index in [0.29, 0.717) is 46.0 Å². The highest BCUT2D eigenvalue weighted by Gasteiger charge is 2.33.